The van der Waals surface area contributed by atoms with Crippen LogP contribution in [0, 0.1) is 5.92 Å². The van der Waals surface area contributed by atoms with Gasteiger partial charge in [-0.15, -0.1) is 0 Å². The van der Waals surface area contributed by atoms with Crippen LogP contribution in [0.5, 0.6) is 0 Å². The Kier molecular flexibility index (Phi) is 8.37. The Hall–Kier alpha value is -1.74. The molecule has 0 amide bonds. The highest BCUT2D eigenvalue weighted by molar-refractivity contribution is 7.80. The molecule has 184 valence electrons. The van der Waals surface area contributed by atoms with Crippen molar-refractivity contribution < 1.29 is 31.2 Å². The summed E-state index contributed by atoms with van der Waals surface area (Å²) in [5, 5.41) is 0. The zero-order valence-corrected chi connectivity index (χ0v) is 20.9. The van der Waals surface area contributed by atoms with Crippen molar-refractivity contribution in [2.45, 2.75) is 83.0 Å². The lowest BCUT2D eigenvalue weighted by molar-refractivity contribution is -0.968. The zero-order chi connectivity index (χ0) is 24.2. The molecule has 2 fully saturated rings. The number of hydrogen-bond donors (Lipinski definition) is 0. The van der Waals surface area contributed by atoms with E-state index in [0.29, 0.717) is 18.1 Å². The van der Waals surface area contributed by atoms with Crippen LogP contribution >= 0.6 is 0 Å². The summed E-state index contributed by atoms with van der Waals surface area (Å²) in [5.41, 5.74) is 2.35. The van der Waals surface area contributed by atoms with Crippen LogP contribution in [0.4, 0.5) is 0 Å². The second kappa shape index (κ2) is 10.7. The number of nitrogens with zero attached hydrogens (tertiary/aromatic N) is 1. The first-order valence-electron chi connectivity index (χ1n) is 11.9. The molecule has 2 heterocycles. The summed E-state index contributed by atoms with van der Waals surface area (Å²) in [6.07, 6.45) is 10.1. The zero-order valence-electron chi connectivity index (χ0n) is 20.1. The van der Waals surface area contributed by atoms with E-state index in [2.05, 4.69) is 55.4 Å². The van der Waals surface area contributed by atoms with Gasteiger partial charge in [0.1, 0.15) is 6.10 Å². The Morgan fingerprint density at radius 2 is 1.67 bits per heavy atom. The Morgan fingerprint density at radius 3 is 2.18 bits per heavy atom. The molecule has 0 radical (unpaired) electrons. The molecule has 3 unspecified atom stereocenters. The highest BCUT2D eigenvalue weighted by Crippen LogP contribution is 2.44. The first-order valence-corrected chi connectivity index (χ1v) is 13.2. The van der Waals surface area contributed by atoms with Crippen molar-refractivity contribution in [3.8, 4) is 0 Å². The van der Waals surface area contributed by atoms with Gasteiger partial charge in [0.05, 0.1) is 38.2 Å². The molecule has 33 heavy (non-hydrogen) atoms. The maximum atomic E-state index is 13.1. The molecular formula is C25H37NO6S. The van der Waals surface area contributed by atoms with E-state index in [1.165, 1.54) is 28.5 Å². The predicted molar refractivity (Wildman–Crippen MR) is 126 cm³/mol. The van der Waals surface area contributed by atoms with Crippen LogP contribution < -0.4 is 0 Å². The van der Waals surface area contributed by atoms with E-state index in [1.54, 1.807) is 0 Å². The van der Waals surface area contributed by atoms with Crippen LogP contribution in [-0.2, 0) is 24.1 Å². The molecule has 1 aromatic rings. The highest BCUT2D eigenvalue weighted by Gasteiger charge is 2.53. The van der Waals surface area contributed by atoms with Gasteiger partial charge >= 0.3 is 5.97 Å². The smallest absolute Gasteiger partial charge is 0.313 e. The van der Waals surface area contributed by atoms with Crippen LogP contribution in [0.25, 0.3) is 5.57 Å². The van der Waals surface area contributed by atoms with Crippen molar-refractivity contribution >= 4 is 21.9 Å². The third-order valence-electron chi connectivity index (χ3n) is 7.90. The fraction of sp³-hybridized carbons (Fsp3) is 0.640. The number of rotatable bonds is 5. The molecule has 2 saturated heterocycles. The number of carbonyl (C=O) groups excluding carboxylic acids is 1. The third-order valence-corrected chi connectivity index (χ3v) is 8.31. The van der Waals surface area contributed by atoms with Gasteiger partial charge in [-0.3, -0.25) is 8.98 Å². The number of fused-ring (bicyclic) bond motifs is 2. The first-order chi connectivity index (χ1) is 15.6. The van der Waals surface area contributed by atoms with Gasteiger partial charge < -0.3 is 13.8 Å². The Balaban J connectivity index is 0.000000454. The summed E-state index contributed by atoms with van der Waals surface area (Å²) in [4.78, 5) is 13.1. The molecule has 1 aromatic carbocycles. The number of hydrogen-bond acceptors (Lipinski definition) is 6. The SMILES string of the molecule is CC(C)[N+]1(C)[C@@H]2CC[C@H]1CC(OC(=O)C1CCCC=C1c1ccccc1)C2.COS(=O)(=O)[O-]. The predicted octanol–water partition coefficient (Wildman–Crippen LogP) is 4.05. The summed E-state index contributed by atoms with van der Waals surface area (Å²) >= 11 is 0. The van der Waals surface area contributed by atoms with Crippen LogP contribution in [0.1, 0.15) is 64.4 Å². The summed E-state index contributed by atoms with van der Waals surface area (Å²) in [6, 6.07) is 12.3. The van der Waals surface area contributed by atoms with E-state index in [9.17, 15) is 17.8 Å². The summed E-state index contributed by atoms with van der Waals surface area (Å²) in [5.74, 6) is -0.0819. The molecule has 1 aliphatic carbocycles. The highest BCUT2D eigenvalue weighted by atomic mass is 32.3. The number of allylic oxidation sites excluding steroid dienone is 1. The van der Waals surface area contributed by atoms with Gasteiger partial charge in [0.15, 0.2) is 0 Å². The average molecular weight is 480 g/mol. The van der Waals surface area contributed by atoms with Gasteiger partial charge in [-0.25, -0.2) is 8.42 Å². The third kappa shape index (κ3) is 6.04. The monoisotopic (exact) mass is 479 g/mol. The number of esters is 1. The van der Waals surface area contributed by atoms with Crippen LogP contribution in [-0.4, -0.2) is 61.8 Å². The Bertz CT molecular complexity index is 929. The van der Waals surface area contributed by atoms with E-state index in [4.69, 9.17) is 4.74 Å². The van der Waals surface area contributed by atoms with Gasteiger partial charge in [-0.1, -0.05) is 36.4 Å². The minimum absolute atomic E-state index is 0.00912. The summed E-state index contributed by atoms with van der Waals surface area (Å²) in [6.45, 7) is 4.69. The van der Waals surface area contributed by atoms with Crippen molar-refractivity contribution in [1.82, 2.24) is 0 Å². The standard InChI is InChI=1S/C24H34NO2.CH4O4S/c1-17(2)25(3)19-13-14-20(25)16-21(15-19)27-24(26)23-12-8-7-11-22(23)18-9-5-4-6-10-18;1-5-6(2,3)4/h4-6,9-11,17,19-21,23H,7-8,12-16H2,1-3H3;1H3,(H,2,3,4)/q+1;/p-1/t19-,20+,21?,23?,25?;. The Labute approximate surface area is 198 Å². The fourth-order valence-electron chi connectivity index (χ4n) is 5.89. The van der Waals surface area contributed by atoms with Gasteiger partial charge in [-0.05, 0) is 44.2 Å². The molecule has 8 heteroatoms. The molecule has 0 N–H and O–H groups in total. The van der Waals surface area contributed by atoms with Gasteiger partial charge in [0, 0.05) is 25.7 Å². The molecule has 2 bridgehead atoms. The van der Waals surface area contributed by atoms with Gasteiger partial charge in [0.2, 0.25) is 10.4 Å². The summed E-state index contributed by atoms with van der Waals surface area (Å²) < 4.78 is 38.3. The van der Waals surface area contributed by atoms with E-state index < -0.39 is 10.4 Å². The van der Waals surface area contributed by atoms with Crippen LogP contribution in [0.2, 0.25) is 0 Å². The number of piperidine rings is 1. The lowest BCUT2D eigenvalue weighted by Gasteiger charge is -2.49. The first kappa shape index (κ1) is 25.9. The minimum Gasteiger partial charge on any atom is -0.726 e. The van der Waals surface area contributed by atoms with E-state index in [1.807, 2.05) is 6.07 Å². The lowest BCUT2D eigenvalue weighted by atomic mass is 9.83. The molecule has 0 saturated carbocycles. The molecule has 4 rings (SSSR count). The van der Waals surface area contributed by atoms with Gasteiger partial charge in [-0.2, -0.15) is 0 Å². The largest absolute Gasteiger partial charge is 0.726 e. The number of benzene rings is 1. The van der Waals surface area contributed by atoms with Crippen molar-refractivity contribution in [3.05, 3.63) is 42.0 Å². The van der Waals surface area contributed by atoms with Gasteiger partial charge in [0.25, 0.3) is 0 Å². The topological polar surface area (TPSA) is 92.7 Å². The molecule has 2 aliphatic heterocycles. The van der Waals surface area contributed by atoms with E-state index >= 15 is 0 Å². The second-order valence-corrected chi connectivity index (χ2v) is 11.0. The van der Waals surface area contributed by atoms with Crippen molar-refractivity contribution in [1.29, 1.82) is 0 Å². The van der Waals surface area contributed by atoms with E-state index in [0.717, 1.165) is 39.2 Å². The van der Waals surface area contributed by atoms with Crippen molar-refractivity contribution in [2.75, 3.05) is 14.2 Å². The van der Waals surface area contributed by atoms with E-state index in [-0.39, 0.29) is 18.0 Å². The molecule has 0 aromatic heterocycles. The number of quaternary nitrogens is 1. The molecular weight excluding hydrogens is 442 g/mol. The maximum Gasteiger partial charge on any atom is 0.313 e. The average Bonchev–Trinajstić information content (AvgIpc) is 2.96. The number of ether oxygens (including phenoxy) is 1. The number of carbonyl (C=O) groups is 1. The maximum absolute atomic E-state index is 13.1. The lowest BCUT2D eigenvalue weighted by Crippen LogP contribution is -2.62. The molecule has 7 nitrogen and oxygen atoms in total. The quantitative estimate of drug-likeness (QED) is 0.274. The van der Waals surface area contributed by atoms with Crippen LogP contribution in [0.15, 0.2) is 36.4 Å². The molecule has 3 aliphatic rings. The summed E-state index contributed by atoms with van der Waals surface area (Å²) in [7, 11) is -1.19. The minimum atomic E-state index is -4.41. The molecule has 5 atom stereocenters. The van der Waals surface area contributed by atoms with Crippen LogP contribution in [0.3, 0.4) is 0 Å². The second-order valence-electron chi connectivity index (χ2n) is 9.81. The normalized spacial score (nSPS) is 31.4. The van der Waals surface area contributed by atoms with Crippen molar-refractivity contribution in [3.63, 3.8) is 0 Å². The van der Waals surface area contributed by atoms with Crippen molar-refractivity contribution in [2.24, 2.45) is 5.92 Å². The Morgan fingerprint density at radius 1 is 1.09 bits per heavy atom. The fourth-order valence-corrected chi connectivity index (χ4v) is 5.89. The molecule has 0 spiro atoms.